The SMILES string of the molecule is C[C@H](NC(=O)c1c(CN2CCN(CCN3CCOCC3)C(=O)C2)c(-c2ccccc2)nc2ccccc12)C1CCCCC1. The van der Waals surface area contributed by atoms with Gasteiger partial charge in [0.25, 0.3) is 5.91 Å². The smallest absolute Gasteiger partial charge is 0.252 e. The second-order valence-electron chi connectivity index (χ2n) is 12.4. The fourth-order valence-corrected chi connectivity index (χ4v) is 6.97. The average molecular weight is 584 g/mol. The van der Waals surface area contributed by atoms with Gasteiger partial charge in [-0.05, 0) is 31.7 Å². The van der Waals surface area contributed by atoms with Crippen molar-refractivity contribution in [1.82, 2.24) is 25.0 Å². The van der Waals surface area contributed by atoms with Crippen molar-refractivity contribution < 1.29 is 14.3 Å². The Hall–Kier alpha value is -3.33. The van der Waals surface area contributed by atoms with Gasteiger partial charge >= 0.3 is 0 Å². The molecule has 0 unspecified atom stereocenters. The number of nitrogens with one attached hydrogen (secondary N) is 1. The third kappa shape index (κ3) is 7.08. The van der Waals surface area contributed by atoms with Crippen molar-refractivity contribution in [2.75, 3.05) is 59.0 Å². The number of ether oxygens (including phenoxy) is 1. The number of para-hydroxylation sites is 1. The molecule has 228 valence electrons. The van der Waals surface area contributed by atoms with Gasteiger partial charge in [-0.2, -0.15) is 0 Å². The van der Waals surface area contributed by atoms with E-state index in [0.29, 0.717) is 31.1 Å². The molecule has 3 fully saturated rings. The van der Waals surface area contributed by atoms with Crippen molar-refractivity contribution in [3.05, 3.63) is 65.7 Å². The molecule has 2 aromatic carbocycles. The Labute approximate surface area is 255 Å². The zero-order chi connectivity index (χ0) is 29.6. The Bertz CT molecular complexity index is 1400. The number of aromatic nitrogens is 1. The minimum atomic E-state index is -0.0423. The molecule has 8 heteroatoms. The Kier molecular flexibility index (Phi) is 9.66. The molecule has 0 radical (unpaired) electrons. The Morgan fingerprint density at radius 3 is 2.44 bits per heavy atom. The van der Waals surface area contributed by atoms with Gasteiger partial charge in [0.15, 0.2) is 0 Å². The number of piperazine rings is 1. The quantitative estimate of drug-likeness (QED) is 0.398. The molecular formula is C35H45N5O3. The molecule has 43 heavy (non-hydrogen) atoms. The largest absolute Gasteiger partial charge is 0.379 e. The van der Waals surface area contributed by atoms with Gasteiger partial charge in [-0.1, -0.05) is 67.8 Å². The molecule has 1 aliphatic carbocycles. The predicted octanol–water partition coefficient (Wildman–Crippen LogP) is 4.58. The van der Waals surface area contributed by atoms with E-state index < -0.39 is 0 Å². The fourth-order valence-electron chi connectivity index (χ4n) is 6.97. The highest BCUT2D eigenvalue weighted by atomic mass is 16.5. The monoisotopic (exact) mass is 583 g/mol. The molecule has 1 N–H and O–H groups in total. The third-order valence-electron chi connectivity index (χ3n) is 9.55. The minimum absolute atomic E-state index is 0.0423. The molecular weight excluding hydrogens is 538 g/mol. The lowest BCUT2D eigenvalue weighted by atomic mass is 9.84. The lowest BCUT2D eigenvalue weighted by molar-refractivity contribution is -0.136. The maximum Gasteiger partial charge on any atom is 0.252 e. The number of carbonyl (C=O) groups is 2. The summed E-state index contributed by atoms with van der Waals surface area (Å²) in [5, 5.41) is 4.27. The van der Waals surface area contributed by atoms with Gasteiger partial charge in [0.2, 0.25) is 5.91 Å². The summed E-state index contributed by atoms with van der Waals surface area (Å²) < 4.78 is 5.47. The molecule has 0 bridgehead atoms. The van der Waals surface area contributed by atoms with Crippen molar-refractivity contribution >= 4 is 22.7 Å². The number of nitrogens with zero attached hydrogens (tertiary/aromatic N) is 4. The molecule has 2 amide bonds. The lowest BCUT2D eigenvalue weighted by Gasteiger charge is -2.36. The van der Waals surface area contributed by atoms with Crippen LogP contribution in [0.25, 0.3) is 22.2 Å². The highest BCUT2D eigenvalue weighted by molar-refractivity contribution is 6.09. The average Bonchev–Trinajstić information content (AvgIpc) is 3.05. The highest BCUT2D eigenvalue weighted by Crippen LogP contribution is 2.33. The summed E-state index contributed by atoms with van der Waals surface area (Å²) in [6.07, 6.45) is 6.09. The summed E-state index contributed by atoms with van der Waals surface area (Å²) in [6.45, 7) is 9.43. The fraction of sp³-hybridized carbons (Fsp3) is 0.514. The molecule has 8 nitrogen and oxygen atoms in total. The molecule has 1 saturated carbocycles. The molecule has 3 aromatic rings. The van der Waals surface area contributed by atoms with Crippen LogP contribution in [0, 0.1) is 5.92 Å². The number of fused-ring (bicyclic) bond motifs is 1. The molecule has 1 atom stereocenters. The van der Waals surface area contributed by atoms with Crippen LogP contribution < -0.4 is 5.32 Å². The molecule has 2 aliphatic heterocycles. The molecule has 1 aromatic heterocycles. The van der Waals surface area contributed by atoms with E-state index in [4.69, 9.17) is 9.72 Å². The van der Waals surface area contributed by atoms with Crippen LogP contribution in [0.1, 0.15) is 54.9 Å². The zero-order valence-corrected chi connectivity index (χ0v) is 25.5. The standard InChI is InChI=1S/C35H45N5O3/c1-26(27-10-4-2-5-11-27)36-35(42)33-29-14-8-9-15-31(29)37-34(28-12-6-3-7-13-28)30(33)24-39-17-19-40(32(41)25-39)18-16-38-20-22-43-23-21-38/h3,6-9,12-15,26-27H,2,4-5,10-11,16-25H2,1H3,(H,36,42)/t26-/m0/s1. The lowest BCUT2D eigenvalue weighted by Crippen LogP contribution is -2.52. The number of pyridine rings is 1. The first-order valence-electron chi connectivity index (χ1n) is 16.1. The van der Waals surface area contributed by atoms with Crippen LogP contribution in [0.4, 0.5) is 0 Å². The van der Waals surface area contributed by atoms with Gasteiger partial charge in [0, 0.05) is 68.4 Å². The predicted molar refractivity (Wildman–Crippen MR) is 170 cm³/mol. The summed E-state index contributed by atoms with van der Waals surface area (Å²) >= 11 is 0. The van der Waals surface area contributed by atoms with E-state index in [-0.39, 0.29) is 17.9 Å². The van der Waals surface area contributed by atoms with Crippen LogP contribution in [0.15, 0.2) is 54.6 Å². The number of morpholine rings is 1. The van der Waals surface area contributed by atoms with Gasteiger partial charge in [-0.15, -0.1) is 0 Å². The third-order valence-corrected chi connectivity index (χ3v) is 9.55. The van der Waals surface area contributed by atoms with Crippen LogP contribution in [0.2, 0.25) is 0 Å². The van der Waals surface area contributed by atoms with Crippen LogP contribution in [-0.2, 0) is 16.1 Å². The molecule has 3 heterocycles. The van der Waals surface area contributed by atoms with Crippen molar-refractivity contribution in [3.63, 3.8) is 0 Å². The molecule has 6 rings (SSSR count). The summed E-state index contributed by atoms with van der Waals surface area (Å²) in [6, 6.07) is 18.2. The zero-order valence-electron chi connectivity index (χ0n) is 25.5. The molecule has 0 spiro atoms. The normalized spacial score (nSPS) is 19.9. The topological polar surface area (TPSA) is 78.0 Å². The number of rotatable bonds is 9. The Morgan fingerprint density at radius 2 is 1.67 bits per heavy atom. The van der Waals surface area contributed by atoms with E-state index >= 15 is 0 Å². The molecule has 2 saturated heterocycles. The Morgan fingerprint density at radius 1 is 0.930 bits per heavy atom. The molecule has 3 aliphatic rings. The van der Waals surface area contributed by atoms with Crippen molar-refractivity contribution in [2.45, 2.75) is 51.6 Å². The van der Waals surface area contributed by atoms with Gasteiger partial charge < -0.3 is 15.0 Å². The summed E-state index contributed by atoms with van der Waals surface area (Å²) in [7, 11) is 0. The maximum absolute atomic E-state index is 14.3. The van der Waals surface area contributed by atoms with E-state index in [2.05, 4.69) is 34.2 Å². The second kappa shape index (κ2) is 14.0. The van der Waals surface area contributed by atoms with Gasteiger partial charge in [0.05, 0.1) is 36.5 Å². The first-order valence-corrected chi connectivity index (χ1v) is 16.1. The maximum atomic E-state index is 14.3. The number of amides is 2. The number of benzene rings is 2. The van der Waals surface area contributed by atoms with Crippen LogP contribution in [-0.4, -0.2) is 96.6 Å². The highest BCUT2D eigenvalue weighted by Gasteiger charge is 2.30. The summed E-state index contributed by atoms with van der Waals surface area (Å²) in [4.78, 5) is 39.3. The van der Waals surface area contributed by atoms with E-state index in [1.165, 1.54) is 32.1 Å². The first-order chi connectivity index (χ1) is 21.1. The number of hydrogen-bond acceptors (Lipinski definition) is 6. The van der Waals surface area contributed by atoms with E-state index in [9.17, 15) is 9.59 Å². The van der Waals surface area contributed by atoms with Gasteiger partial charge in [-0.25, -0.2) is 4.98 Å². The Balaban J connectivity index is 1.28. The van der Waals surface area contributed by atoms with Crippen molar-refractivity contribution in [3.8, 4) is 11.3 Å². The van der Waals surface area contributed by atoms with E-state index in [0.717, 1.165) is 73.7 Å². The number of hydrogen-bond donors (Lipinski definition) is 1. The van der Waals surface area contributed by atoms with Crippen LogP contribution in [0.5, 0.6) is 0 Å². The summed E-state index contributed by atoms with van der Waals surface area (Å²) in [5.74, 6) is 0.608. The van der Waals surface area contributed by atoms with E-state index in [1.54, 1.807) is 0 Å². The van der Waals surface area contributed by atoms with Crippen LogP contribution >= 0.6 is 0 Å². The minimum Gasteiger partial charge on any atom is -0.379 e. The summed E-state index contributed by atoms with van der Waals surface area (Å²) in [5.41, 5.74) is 4.19. The van der Waals surface area contributed by atoms with Crippen molar-refractivity contribution in [1.29, 1.82) is 0 Å². The van der Waals surface area contributed by atoms with Crippen LogP contribution in [0.3, 0.4) is 0 Å². The van der Waals surface area contributed by atoms with Crippen molar-refractivity contribution in [2.24, 2.45) is 5.92 Å². The van der Waals surface area contributed by atoms with E-state index in [1.807, 2.05) is 47.4 Å². The van der Waals surface area contributed by atoms with Gasteiger partial charge in [-0.3, -0.25) is 19.4 Å². The second-order valence-corrected chi connectivity index (χ2v) is 12.4. The number of carbonyl (C=O) groups excluding carboxylic acids is 2. The first kappa shape index (κ1) is 29.7. The van der Waals surface area contributed by atoms with Gasteiger partial charge in [0.1, 0.15) is 0 Å².